The minimum atomic E-state index is 0.762. The van der Waals surface area contributed by atoms with E-state index in [9.17, 15) is 0 Å². The first-order valence-electron chi connectivity index (χ1n) is 4.53. The molecule has 1 heteroatoms. The van der Waals surface area contributed by atoms with Gasteiger partial charge in [0, 0.05) is 0 Å². The van der Waals surface area contributed by atoms with Crippen molar-refractivity contribution in [2.24, 2.45) is 5.92 Å². The number of hydrogen-bond acceptors (Lipinski definition) is 1. The van der Waals surface area contributed by atoms with E-state index in [0.717, 1.165) is 17.0 Å². The Balaban J connectivity index is 0.000000310. The molecule has 0 bridgehead atoms. The van der Waals surface area contributed by atoms with E-state index in [1.165, 1.54) is 0 Å². The Morgan fingerprint density at radius 1 is 1.15 bits per heavy atom. The Kier molecular flexibility index (Phi) is 5.63. The lowest BCUT2D eigenvalue weighted by molar-refractivity contribution is 0.737. The largest absolute Gasteiger partial charge is 0.192 e. The van der Waals surface area contributed by atoms with Crippen LogP contribution in [0.15, 0.2) is 24.3 Å². The molecule has 0 aliphatic heterocycles. The lowest BCUT2D eigenvalue weighted by Crippen LogP contribution is -1.77. The van der Waals surface area contributed by atoms with Crippen molar-refractivity contribution < 1.29 is 0 Å². The summed E-state index contributed by atoms with van der Waals surface area (Å²) in [6.45, 7) is 8.43. The summed E-state index contributed by atoms with van der Waals surface area (Å²) >= 11 is 0. The molecular weight excluding hydrogens is 158 g/mol. The molecule has 13 heavy (non-hydrogen) atoms. The van der Waals surface area contributed by atoms with Gasteiger partial charge in [-0.15, -0.1) is 0 Å². The zero-order valence-electron chi connectivity index (χ0n) is 8.83. The Morgan fingerprint density at radius 2 is 1.62 bits per heavy atom. The zero-order chi connectivity index (χ0) is 10.3. The molecule has 0 saturated carbocycles. The van der Waals surface area contributed by atoms with Crippen molar-refractivity contribution >= 4 is 0 Å². The first-order chi connectivity index (χ1) is 6.07. The number of benzene rings is 1. The van der Waals surface area contributed by atoms with Crippen LogP contribution in [0.5, 0.6) is 0 Å². The standard InChI is InChI=1S/C8H7N.C4H10/c1-7-4-2-3-5-8(7)6-9;1-4(2)3/h2-5H,1H3;4H,1-3H3. The minimum Gasteiger partial charge on any atom is -0.192 e. The van der Waals surface area contributed by atoms with Gasteiger partial charge in [0.1, 0.15) is 0 Å². The van der Waals surface area contributed by atoms with Crippen LogP contribution >= 0.6 is 0 Å². The fourth-order valence-corrected chi connectivity index (χ4v) is 0.698. The summed E-state index contributed by atoms with van der Waals surface area (Å²) in [7, 11) is 0. The average Bonchev–Trinajstić information content (AvgIpc) is 2.04. The van der Waals surface area contributed by atoms with E-state index in [2.05, 4.69) is 26.8 Å². The van der Waals surface area contributed by atoms with E-state index in [-0.39, 0.29) is 0 Å². The molecule has 1 aromatic rings. The van der Waals surface area contributed by atoms with Crippen molar-refractivity contribution in [3.63, 3.8) is 0 Å². The first-order valence-corrected chi connectivity index (χ1v) is 4.53. The van der Waals surface area contributed by atoms with Crippen LogP contribution in [-0.4, -0.2) is 0 Å². The molecule has 1 nitrogen and oxygen atoms in total. The molecule has 0 fully saturated rings. The summed E-state index contributed by atoms with van der Waals surface area (Å²) < 4.78 is 0. The van der Waals surface area contributed by atoms with Gasteiger partial charge in [-0.3, -0.25) is 0 Å². The van der Waals surface area contributed by atoms with E-state index >= 15 is 0 Å². The van der Waals surface area contributed by atoms with Gasteiger partial charge in [-0.25, -0.2) is 0 Å². The maximum atomic E-state index is 8.47. The second kappa shape index (κ2) is 6.25. The maximum absolute atomic E-state index is 8.47. The van der Waals surface area contributed by atoms with Crippen LogP contribution in [0.4, 0.5) is 0 Å². The van der Waals surface area contributed by atoms with Crippen molar-refractivity contribution in [3.05, 3.63) is 35.4 Å². The third-order valence-corrected chi connectivity index (χ3v) is 1.27. The average molecular weight is 175 g/mol. The van der Waals surface area contributed by atoms with Crippen LogP contribution in [-0.2, 0) is 0 Å². The van der Waals surface area contributed by atoms with Gasteiger partial charge in [-0.1, -0.05) is 39.0 Å². The van der Waals surface area contributed by atoms with E-state index in [0.29, 0.717) is 0 Å². The molecule has 0 atom stereocenters. The predicted octanol–water partition coefficient (Wildman–Crippen LogP) is 3.53. The monoisotopic (exact) mass is 175 g/mol. The molecule has 0 unspecified atom stereocenters. The second-order valence-electron chi connectivity index (χ2n) is 3.66. The number of nitriles is 1. The van der Waals surface area contributed by atoms with E-state index in [1.54, 1.807) is 0 Å². The van der Waals surface area contributed by atoms with Gasteiger partial charge in [0.25, 0.3) is 0 Å². The zero-order valence-corrected chi connectivity index (χ0v) is 8.83. The van der Waals surface area contributed by atoms with Crippen molar-refractivity contribution in [1.29, 1.82) is 5.26 Å². The quantitative estimate of drug-likeness (QED) is 0.591. The van der Waals surface area contributed by atoms with E-state index < -0.39 is 0 Å². The number of hydrogen-bond donors (Lipinski definition) is 0. The number of rotatable bonds is 0. The van der Waals surface area contributed by atoms with Crippen LogP contribution in [0, 0.1) is 24.2 Å². The van der Waals surface area contributed by atoms with E-state index in [1.807, 2.05) is 31.2 Å². The normalized spacial score (nSPS) is 8.62. The van der Waals surface area contributed by atoms with Gasteiger partial charge in [-0.2, -0.15) is 5.26 Å². The van der Waals surface area contributed by atoms with Crippen molar-refractivity contribution in [2.75, 3.05) is 0 Å². The molecule has 0 amide bonds. The highest BCUT2D eigenvalue weighted by atomic mass is 14.2. The molecular formula is C12H17N. The molecule has 0 N–H and O–H groups in total. The molecule has 1 aromatic carbocycles. The second-order valence-corrected chi connectivity index (χ2v) is 3.66. The Hall–Kier alpha value is -1.29. The molecule has 0 saturated heterocycles. The summed E-state index contributed by atoms with van der Waals surface area (Å²) in [5.74, 6) is 0.833. The summed E-state index contributed by atoms with van der Waals surface area (Å²) in [5.41, 5.74) is 1.80. The van der Waals surface area contributed by atoms with Crippen LogP contribution < -0.4 is 0 Å². The first kappa shape index (κ1) is 11.7. The van der Waals surface area contributed by atoms with E-state index in [4.69, 9.17) is 5.26 Å². The Morgan fingerprint density at radius 3 is 1.92 bits per heavy atom. The van der Waals surface area contributed by atoms with Gasteiger partial charge >= 0.3 is 0 Å². The molecule has 0 aromatic heterocycles. The van der Waals surface area contributed by atoms with Gasteiger partial charge in [0.2, 0.25) is 0 Å². The molecule has 0 heterocycles. The van der Waals surface area contributed by atoms with Gasteiger partial charge in [0.05, 0.1) is 11.6 Å². The number of nitrogens with zero attached hydrogens (tertiary/aromatic N) is 1. The Bertz CT molecular complexity index is 279. The lowest BCUT2D eigenvalue weighted by atomic mass is 10.1. The lowest BCUT2D eigenvalue weighted by Gasteiger charge is -1.90. The number of aryl methyl sites for hydroxylation is 1. The van der Waals surface area contributed by atoms with Gasteiger partial charge in [0.15, 0.2) is 0 Å². The minimum absolute atomic E-state index is 0.762. The van der Waals surface area contributed by atoms with Crippen LogP contribution in [0.1, 0.15) is 31.9 Å². The van der Waals surface area contributed by atoms with Gasteiger partial charge in [-0.05, 0) is 24.5 Å². The molecule has 0 radical (unpaired) electrons. The van der Waals surface area contributed by atoms with Crippen molar-refractivity contribution in [1.82, 2.24) is 0 Å². The van der Waals surface area contributed by atoms with Crippen LogP contribution in [0.2, 0.25) is 0 Å². The fraction of sp³-hybridized carbons (Fsp3) is 0.417. The Labute approximate surface area is 81.0 Å². The highest BCUT2D eigenvalue weighted by molar-refractivity contribution is 5.35. The topological polar surface area (TPSA) is 23.8 Å². The molecule has 70 valence electrons. The molecule has 0 spiro atoms. The fourth-order valence-electron chi connectivity index (χ4n) is 0.698. The highest BCUT2D eigenvalue weighted by Crippen LogP contribution is 2.03. The molecule has 0 aliphatic rings. The molecule has 1 rings (SSSR count). The predicted molar refractivity (Wildman–Crippen MR) is 56.4 cm³/mol. The summed E-state index contributed by atoms with van der Waals surface area (Å²) in [6.07, 6.45) is 0. The highest BCUT2D eigenvalue weighted by Gasteiger charge is 1.89. The third kappa shape index (κ3) is 5.93. The smallest absolute Gasteiger partial charge is 0.0994 e. The SMILES string of the molecule is CC(C)C.Cc1ccccc1C#N. The van der Waals surface area contributed by atoms with Crippen molar-refractivity contribution in [2.45, 2.75) is 27.7 Å². The summed E-state index contributed by atoms with van der Waals surface area (Å²) in [6, 6.07) is 9.63. The van der Waals surface area contributed by atoms with Crippen molar-refractivity contribution in [3.8, 4) is 6.07 Å². The van der Waals surface area contributed by atoms with Crippen LogP contribution in [0.3, 0.4) is 0 Å². The maximum Gasteiger partial charge on any atom is 0.0994 e. The molecule has 0 aliphatic carbocycles. The van der Waals surface area contributed by atoms with Crippen LogP contribution in [0.25, 0.3) is 0 Å². The van der Waals surface area contributed by atoms with Gasteiger partial charge < -0.3 is 0 Å². The third-order valence-electron chi connectivity index (χ3n) is 1.27. The summed E-state index contributed by atoms with van der Waals surface area (Å²) in [4.78, 5) is 0. The summed E-state index contributed by atoms with van der Waals surface area (Å²) in [5, 5.41) is 8.47.